The summed E-state index contributed by atoms with van der Waals surface area (Å²) in [7, 11) is 0. The van der Waals surface area contributed by atoms with E-state index >= 15 is 0 Å². The molecule has 130 valence electrons. The van der Waals surface area contributed by atoms with Gasteiger partial charge in [0.2, 0.25) is 0 Å². The Morgan fingerprint density at radius 3 is 1.23 bits per heavy atom. The molecule has 0 aliphatic rings. The van der Waals surface area contributed by atoms with Gasteiger partial charge in [0.1, 0.15) is 17.1 Å². The van der Waals surface area contributed by atoms with Gasteiger partial charge in [-0.3, -0.25) is 20.2 Å². The van der Waals surface area contributed by atoms with Gasteiger partial charge in [-0.25, -0.2) is 4.90 Å². The maximum Gasteiger partial charge on any atom is 0.269 e. The second kappa shape index (κ2) is 7.42. The fourth-order valence-electron chi connectivity index (χ4n) is 2.62. The number of non-ortho nitro benzene ring substituents is 2. The van der Waals surface area contributed by atoms with E-state index in [4.69, 9.17) is 0 Å². The van der Waals surface area contributed by atoms with E-state index in [9.17, 15) is 20.2 Å². The molecule has 0 aliphatic heterocycles. The van der Waals surface area contributed by atoms with Gasteiger partial charge in [-0.15, -0.1) is 0 Å². The molecule has 0 aliphatic carbocycles. The van der Waals surface area contributed by atoms with E-state index in [1.54, 1.807) is 24.3 Å². The van der Waals surface area contributed by atoms with Crippen LogP contribution in [0.4, 0.5) is 28.4 Å². The molecule has 3 rings (SSSR count). The predicted molar refractivity (Wildman–Crippen MR) is 100 cm³/mol. The van der Waals surface area contributed by atoms with Gasteiger partial charge in [0.15, 0.2) is 0 Å². The number of rotatable bonds is 5. The summed E-state index contributed by atoms with van der Waals surface area (Å²) in [6, 6.07) is 20.1. The van der Waals surface area contributed by atoms with E-state index in [0.717, 1.165) is 26.4 Å². The summed E-state index contributed by atoms with van der Waals surface area (Å²) in [6.07, 6.45) is 0. The molecule has 3 aromatic carbocycles. The molecule has 0 aromatic heterocycles. The quantitative estimate of drug-likeness (QED) is 0.493. The second-order valence-electron chi connectivity index (χ2n) is 5.49. The van der Waals surface area contributed by atoms with Crippen LogP contribution in [0.3, 0.4) is 0 Å². The van der Waals surface area contributed by atoms with Gasteiger partial charge in [0.25, 0.3) is 11.4 Å². The molecule has 8 heteroatoms. The van der Waals surface area contributed by atoms with Crippen molar-refractivity contribution in [2.24, 2.45) is 0 Å². The maximum absolute atomic E-state index is 10.9. The lowest BCUT2D eigenvalue weighted by molar-refractivity contribution is -0.681. The Bertz CT molecular complexity index is 884. The van der Waals surface area contributed by atoms with Crippen LogP contribution < -0.4 is 4.90 Å². The molecular weight excluding hydrogens is 402 g/mol. The zero-order chi connectivity index (χ0) is 18.7. The van der Waals surface area contributed by atoms with E-state index in [1.807, 2.05) is 24.3 Å². The Balaban J connectivity index is 2.08. The number of nitrogens with one attached hydrogen (secondary N) is 1. The molecule has 0 radical (unpaired) electrons. The summed E-state index contributed by atoms with van der Waals surface area (Å²) in [5.74, 6) is 0. The van der Waals surface area contributed by atoms with Crippen molar-refractivity contribution in [2.75, 3.05) is 0 Å². The molecule has 0 atom stereocenters. The van der Waals surface area contributed by atoms with Crippen molar-refractivity contribution in [1.29, 1.82) is 0 Å². The Morgan fingerprint density at radius 2 is 0.923 bits per heavy atom. The average molecular weight is 415 g/mol. The number of halogens is 1. The van der Waals surface area contributed by atoms with Crippen molar-refractivity contribution in [3.8, 4) is 0 Å². The zero-order valence-electron chi connectivity index (χ0n) is 13.3. The van der Waals surface area contributed by atoms with Crippen molar-refractivity contribution in [1.82, 2.24) is 0 Å². The third-order valence-electron chi connectivity index (χ3n) is 3.87. The fraction of sp³-hybridized carbons (Fsp3) is 0. The van der Waals surface area contributed by atoms with Gasteiger partial charge < -0.3 is 0 Å². The molecule has 0 bridgehead atoms. The Hall–Kier alpha value is -3.10. The lowest BCUT2D eigenvalue weighted by atomic mass is 10.2. The topological polar surface area (TPSA) is 90.7 Å². The van der Waals surface area contributed by atoms with Crippen LogP contribution in [0.2, 0.25) is 0 Å². The lowest BCUT2D eigenvalue weighted by Crippen LogP contribution is -2.96. The first kappa shape index (κ1) is 17.7. The van der Waals surface area contributed by atoms with Crippen LogP contribution in [0, 0.1) is 20.2 Å². The van der Waals surface area contributed by atoms with Crippen molar-refractivity contribution in [3.63, 3.8) is 0 Å². The molecule has 26 heavy (non-hydrogen) atoms. The van der Waals surface area contributed by atoms with Crippen LogP contribution in [0.15, 0.2) is 77.3 Å². The minimum absolute atomic E-state index is 0.00704. The van der Waals surface area contributed by atoms with Crippen molar-refractivity contribution >= 4 is 44.4 Å². The monoisotopic (exact) mass is 414 g/mol. The van der Waals surface area contributed by atoms with E-state index in [-0.39, 0.29) is 11.4 Å². The van der Waals surface area contributed by atoms with Crippen LogP contribution in [0.25, 0.3) is 0 Å². The normalized spacial score (nSPS) is 10.7. The summed E-state index contributed by atoms with van der Waals surface area (Å²) in [6.45, 7) is 0. The Kier molecular flexibility index (Phi) is 5.06. The first-order chi connectivity index (χ1) is 12.5. The van der Waals surface area contributed by atoms with Crippen LogP contribution in [0.1, 0.15) is 0 Å². The fourth-order valence-corrected chi connectivity index (χ4v) is 2.88. The van der Waals surface area contributed by atoms with E-state index in [0.29, 0.717) is 0 Å². The minimum Gasteiger partial charge on any atom is -0.258 e. The summed E-state index contributed by atoms with van der Waals surface area (Å²) in [5, 5.41) is 21.8. The summed E-state index contributed by atoms with van der Waals surface area (Å²) in [5.41, 5.74) is 2.48. The molecular formula is C18H13BrN3O4+. The number of nitrogens with zero attached hydrogens (tertiary/aromatic N) is 2. The Morgan fingerprint density at radius 1 is 0.615 bits per heavy atom. The molecule has 7 nitrogen and oxygen atoms in total. The van der Waals surface area contributed by atoms with Gasteiger partial charge in [-0.05, 0) is 12.1 Å². The Labute approximate surface area is 156 Å². The molecule has 0 saturated heterocycles. The van der Waals surface area contributed by atoms with Gasteiger partial charge in [0, 0.05) is 65.1 Å². The SMILES string of the molecule is O=[N+]([O-])c1ccc([NH+](c2ccc(Br)cc2)c2ccc([N+](=O)[O-])cc2)cc1. The van der Waals surface area contributed by atoms with E-state index < -0.39 is 9.85 Å². The number of nitro groups is 2. The third kappa shape index (κ3) is 3.76. The first-order valence-electron chi connectivity index (χ1n) is 7.58. The highest BCUT2D eigenvalue weighted by Gasteiger charge is 2.21. The van der Waals surface area contributed by atoms with E-state index in [1.165, 1.54) is 24.3 Å². The van der Waals surface area contributed by atoms with Crippen LogP contribution in [-0.2, 0) is 0 Å². The molecule has 1 N–H and O–H groups in total. The number of hydrogen-bond acceptors (Lipinski definition) is 4. The van der Waals surface area contributed by atoms with Gasteiger partial charge in [0.05, 0.1) is 9.85 Å². The van der Waals surface area contributed by atoms with Crippen molar-refractivity contribution in [3.05, 3.63) is 97.5 Å². The number of benzene rings is 3. The summed E-state index contributed by atoms with van der Waals surface area (Å²) >= 11 is 3.40. The highest BCUT2D eigenvalue weighted by atomic mass is 79.9. The number of nitro benzene ring substituents is 2. The molecule has 0 saturated carbocycles. The highest BCUT2D eigenvalue weighted by Crippen LogP contribution is 2.21. The highest BCUT2D eigenvalue weighted by molar-refractivity contribution is 9.10. The van der Waals surface area contributed by atoms with Crippen molar-refractivity contribution in [2.45, 2.75) is 0 Å². The first-order valence-corrected chi connectivity index (χ1v) is 8.37. The van der Waals surface area contributed by atoms with Crippen LogP contribution >= 0.6 is 15.9 Å². The third-order valence-corrected chi connectivity index (χ3v) is 4.40. The van der Waals surface area contributed by atoms with Gasteiger partial charge in [-0.1, -0.05) is 15.9 Å². The summed E-state index contributed by atoms with van der Waals surface area (Å²) < 4.78 is 0.924. The maximum atomic E-state index is 10.9. The van der Waals surface area contributed by atoms with Gasteiger partial charge in [-0.2, -0.15) is 0 Å². The molecule has 3 aromatic rings. The predicted octanol–water partition coefficient (Wildman–Crippen LogP) is 4.45. The number of hydrogen-bond donors (Lipinski definition) is 1. The average Bonchev–Trinajstić information content (AvgIpc) is 2.64. The van der Waals surface area contributed by atoms with Crippen LogP contribution in [0.5, 0.6) is 0 Å². The zero-order valence-corrected chi connectivity index (χ0v) is 14.9. The molecule has 0 spiro atoms. The van der Waals surface area contributed by atoms with E-state index in [2.05, 4.69) is 15.9 Å². The lowest BCUT2D eigenvalue weighted by Gasteiger charge is -2.18. The molecule has 0 heterocycles. The van der Waals surface area contributed by atoms with Crippen LogP contribution in [-0.4, -0.2) is 9.85 Å². The molecule has 0 amide bonds. The number of quaternary nitrogens is 1. The summed E-state index contributed by atoms with van der Waals surface area (Å²) in [4.78, 5) is 21.7. The molecule has 0 unspecified atom stereocenters. The largest absolute Gasteiger partial charge is 0.269 e. The van der Waals surface area contributed by atoms with Crippen molar-refractivity contribution < 1.29 is 14.7 Å². The van der Waals surface area contributed by atoms with Gasteiger partial charge >= 0.3 is 0 Å². The minimum atomic E-state index is -0.449. The standard InChI is InChI=1S/C18H12BrN3O4/c19-13-1-3-14(4-2-13)20(15-5-9-17(10-6-15)21(23)24)16-7-11-18(12-8-16)22(25)26/h1-12H/p+1. The smallest absolute Gasteiger partial charge is 0.258 e. The second-order valence-corrected chi connectivity index (χ2v) is 6.41. The molecule has 0 fully saturated rings.